The molecule has 2 N–H and O–H groups in total. The van der Waals surface area contributed by atoms with Gasteiger partial charge in [0.05, 0.1) is 25.4 Å². The van der Waals surface area contributed by atoms with E-state index in [1.165, 1.54) is 0 Å². The normalized spacial score (nSPS) is 14.0. The molecule has 1 aromatic carbocycles. The van der Waals surface area contributed by atoms with E-state index >= 15 is 0 Å². The van der Waals surface area contributed by atoms with Crippen LogP contribution in [-0.2, 0) is 15.0 Å². The molecule has 0 saturated carbocycles. The van der Waals surface area contributed by atoms with Crippen LogP contribution in [0.1, 0.15) is 32.3 Å². The summed E-state index contributed by atoms with van der Waals surface area (Å²) in [5.74, 6) is 0. The maximum atomic E-state index is 9.95. The highest BCUT2D eigenvalue weighted by molar-refractivity contribution is 5.24. The van der Waals surface area contributed by atoms with E-state index in [2.05, 4.69) is 24.4 Å². The van der Waals surface area contributed by atoms with Gasteiger partial charge in [0, 0.05) is 13.2 Å². The zero-order chi connectivity index (χ0) is 15.4. The first-order valence-corrected chi connectivity index (χ1v) is 7.86. The van der Waals surface area contributed by atoms with Gasteiger partial charge in [0.25, 0.3) is 0 Å². The first-order valence-electron chi connectivity index (χ1n) is 7.86. The van der Waals surface area contributed by atoms with Crippen LogP contribution in [0.3, 0.4) is 0 Å². The predicted octanol–water partition coefficient (Wildman–Crippen LogP) is 2.32. The molecule has 1 aromatic rings. The van der Waals surface area contributed by atoms with Gasteiger partial charge in [-0.05, 0) is 31.9 Å². The molecular weight excluding hydrogens is 266 g/mol. The van der Waals surface area contributed by atoms with Crippen LogP contribution in [0.15, 0.2) is 30.3 Å². The highest BCUT2D eigenvalue weighted by Crippen LogP contribution is 2.24. The lowest BCUT2D eigenvalue weighted by molar-refractivity contribution is 0.0348. The van der Waals surface area contributed by atoms with Crippen LogP contribution < -0.4 is 5.32 Å². The van der Waals surface area contributed by atoms with Crippen LogP contribution in [0.2, 0.25) is 0 Å². The first-order chi connectivity index (χ1) is 10.3. The van der Waals surface area contributed by atoms with Crippen molar-refractivity contribution in [3.05, 3.63) is 35.9 Å². The predicted molar refractivity (Wildman–Crippen MR) is 85.4 cm³/mol. The van der Waals surface area contributed by atoms with Crippen molar-refractivity contribution in [3.63, 3.8) is 0 Å². The smallest absolute Gasteiger partial charge is 0.0700 e. The number of hydrogen-bond acceptors (Lipinski definition) is 4. The van der Waals surface area contributed by atoms with Crippen molar-refractivity contribution in [1.29, 1.82) is 0 Å². The molecule has 0 heterocycles. The molecule has 0 spiro atoms. The van der Waals surface area contributed by atoms with E-state index in [0.29, 0.717) is 26.4 Å². The molecule has 0 fully saturated rings. The third-order valence-corrected chi connectivity index (χ3v) is 3.56. The summed E-state index contributed by atoms with van der Waals surface area (Å²) in [5.41, 5.74) is 0.678. The van der Waals surface area contributed by atoms with E-state index in [4.69, 9.17) is 9.47 Å². The second-order valence-corrected chi connectivity index (χ2v) is 5.09. The molecule has 0 amide bonds. The lowest BCUT2D eigenvalue weighted by atomic mass is 9.87. The third-order valence-electron chi connectivity index (χ3n) is 3.56. The van der Waals surface area contributed by atoms with Gasteiger partial charge in [-0.2, -0.15) is 0 Å². The average Bonchev–Trinajstić information content (AvgIpc) is 2.55. The Kier molecular flexibility index (Phi) is 9.26. The van der Waals surface area contributed by atoms with Crippen molar-refractivity contribution >= 4 is 0 Å². The van der Waals surface area contributed by atoms with Gasteiger partial charge in [-0.1, -0.05) is 37.3 Å². The number of ether oxygens (including phenoxy) is 2. The Bertz CT molecular complexity index is 358. The average molecular weight is 295 g/mol. The second-order valence-electron chi connectivity index (χ2n) is 5.09. The van der Waals surface area contributed by atoms with Crippen molar-refractivity contribution in [1.82, 2.24) is 5.32 Å². The number of aliphatic hydroxyl groups excluding tert-OH is 1. The van der Waals surface area contributed by atoms with Gasteiger partial charge >= 0.3 is 0 Å². The molecule has 4 nitrogen and oxygen atoms in total. The van der Waals surface area contributed by atoms with E-state index in [1.54, 1.807) is 0 Å². The molecule has 1 rings (SSSR count). The topological polar surface area (TPSA) is 50.7 Å². The number of nitrogens with one attached hydrogen (secondary N) is 1. The quantitative estimate of drug-likeness (QED) is 0.581. The molecular formula is C17H29NO3. The van der Waals surface area contributed by atoms with Crippen LogP contribution in [0.5, 0.6) is 0 Å². The van der Waals surface area contributed by atoms with Crippen molar-refractivity contribution < 1.29 is 14.6 Å². The zero-order valence-corrected chi connectivity index (χ0v) is 13.3. The van der Waals surface area contributed by atoms with E-state index < -0.39 is 5.54 Å². The standard InChI is InChI=1S/C17H29NO3/c1-3-11-18-17(15-19,16-8-6-5-7-9-16)10-12-21-14-13-20-4-2/h5-9,18-19H,3-4,10-15H2,1-2H3. The molecule has 0 aliphatic carbocycles. The van der Waals surface area contributed by atoms with Gasteiger partial charge in [-0.15, -0.1) is 0 Å². The van der Waals surface area contributed by atoms with Crippen molar-refractivity contribution in [2.75, 3.05) is 39.6 Å². The Morgan fingerprint density at radius 1 is 1.05 bits per heavy atom. The summed E-state index contributed by atoms with van der Waals surface area (Å²) in [4.78, 5) is 0. The Morgan fingerprint density at radius 3 is 2.38 bits per heavy atom. The third kappa shape index (κ3) is 6.14. The minimum atomic E-state index is -0.428. The Balaban J connectivity index is 2.59. The molecule has 21 heavy (non-hydrogen) atoms. The Morgan fingerprint density at radius 2 is 1.76 bits per heavy atom. The lowest BCUT2D eigenvalue weighted by Crippen LogP contribution is -2.47. The van der Waals surface area contributed by atoms with Crippen molar-refractivity contribution in [2.45, 2.75) is 32.2 Å². The largest absolute Gasteiger partial charge is 0.394 e. The molecule has 0 saturated heterocycles. The van der Waals surface area contributed by atoms with Crippen molar-refractivity contribution in [2.24, 2.45) is 0 Å². The van der Waals surface area contributed by atoms with E-state index in [1.807, 2.05) is 25.1 Å². The summed E-state index contributed by atoms with van der Waals surface area (Å²) >= 11 is 0. The van der Waals surface area contributed by atoms with Crippen molar-refractivity contribution in [3.8, 4) is 0 Å². The van der Waals surface area contributed by atoms with Gasteiger partial charge < -0.3 is 19.9 Å². The van der Waals surface area contributed by atoms with Crippen LogP contribution in [-0.4, -0.2) is 44.7 Å². The Hall–Kier alpha value is -0.940. The summed E-state index contributed by atoms with van der Waals surface area (Å²) in [6.45, 7) is 7.55. The molecule has 1 unspecified atom stereocenters. The molecule has 0 aromatic heterocycles. The van der Waals surface area contributed by atoms with Gasteiger partial charge in [0.15, 0.2) is 0 Å². The number of benzene rings is 1. The van der Waals surface area contributed by atoms with Crippen LogP contribution in [0, 0.1) is 0 Å². The molecule has 1 atom stereocenters. The number of rotatable bonds is 12. The summed E-state index contributed by atoms with van der Waals surface area (Å²) in [7, 11) is 0. The fourth-order valence-corrected chi connectivity index (χ4v) is 2.29. The summed E-state index contributed by atoms with van der Waals surface area (Å²) in [6, 6.07) is 10.1. The minimum absolute atomic E-state index is 0.0613. The van der Waals surface area contributed by atoms with Gasteiger partial charge in [-0.25, -0.2) is 0 Å². The monoisotopic (exact) mass is 295 g/mol. The summed E-state index contributed by atoms with van der Waals surface area (Å²) in [5, 5.41) is 13.4. The summed E-state index contributed by atoms with van der Waals surface area (Å²) in [6.07, 6.45) is 1.76. The fraction of sp³-hybridized carbons (Fsp3) is 0.647. The van der Waals surface area contributed by atoms with Crippen LogP contribution in [0.4, 0.5) is 0 Å². The highest BCUT2D eigenvalue weighted by Gasteiger charge is 2.30. The maximum Gasteiger partial charge on any atom is 0.0700 e. The molecule has 0 radical (unpaired) electrons. The second kappa shape index (κ2) is 10.7. The van der Waals surface area contributed by atoms with E-state index in [9.17, 15) is 5.11 Å². The van der Waals surface area contributed by atoms with Gasteiger partial charge in [0.2, 0.25) is 0 Å². The SMILES string of the molecule is CCCNC(CO)(CCOCCOCC)c1ccccc1. The Labute approximate surface area is 128 Å². The number of aliphatic hydroxyl groups is 1. The van der Waals surface area contributed by atoms with Gasteiger partial charge in [0.1, 0.15) is 0 Å². The molecule has 0 aliphatic heterocycles. The summed E-state index contributed by atoms with van der Waals surface area (Å²) < 4.78 is 10.9. The lowest BCUT2D eigenvalue weighted by Gasteiger charge is -2.34. The first kappa shape index (κ1) is 18.1. The van der Waals surface area contributed by atoms with Crippen LogP contribution >= 0.6 is 0 Å². The van der Waals surface area contributed by atoms with Gasteiger partial charge in [-0.3, -0.25) is 0 Å². The fourth-order valence-electron chi connectivity index (χ4n) is 2.29. The van der Waals surface area contributed by atoms with E-state index in [0.717, 1.165) is 24.9 Å². The molecule has 0 bridgehead atoms. The molecule has 4 heteroatoms. The maximum absolute atomic E-state index is 9.95. The highest BCUT2D eigenvalue weighted by atomic mass is 16.5. The van der Waals surface area contributed by atoms with E-state index in [-0.39, 0.29) is 6.61 Å². The zero-order valence-electron chi connectivity index (χ0n) is 13.3. The number of hydrogen-bond donors (Lipinski definition) is 2. The molecule has 0 aliphatic rings. The van der Waals surface area contributed by atoms with Crippen LogP contribution in [0.25, 0.3) is 0 Å². The molecule has 120 valence electrons. The minimum Gasteiger partial charge on any atom is -0.394 e.